The van der Waals surface area contributed by atoms with E-state index in [1.54, 1.807) is 7.05 Å². The molecule has 1 N–H and O–H groups in total. The van der Waals surface area contributed by atoms with Crippen molar-refractivity contribution < 1.29 is 9.90 Å². The van der Waals surface area contributed by atoms with E-state index in [-0.39, 0.29) is 5.91 Å². The third-order valence-electron chi connectivity index (χ3n) is 1.70. The first kappa shape index (κ1) is 10.4. The second-order valence-corrected chi connectivity index (χ2v) is 2.66. The van der Waals surface area contributed by atoms with Crippen molar-refractivity contribution in [3.05, 3.63) is 0 Å². The average molecular weight is 159 g/mol. The number of hydrogen-bond acceptors (Lipinski definition) is 2. The molecule has 0 aromatic carbocycles. The predicted octanol–water partition coefficient (Wildman–Crippen LogP) is 0.626. The standard InChI is InChI=1S/C8H17NO2/c1-4-6-7(10)8(11)9(3)5-2/h7,10H,4-6H2,1-3H3. The lowest BCUT2D eigenvalue weighted by Crippen LogP contribution is -2.35. The highest BCUT2D eigenvalue weighted by atomic mass is 16.3. The SMILES string of the molecule is CCCC(O)C(=O)N(C)CC. The van der Waals surface area contributed by atoms with Crippen LogP contribution >= 0.6 is 0 Å². The van der Waals surface area contributed by atoms with E-state index in [1.807, 2.05) is 13.8 Å². The Balaban J connectivity index is 3.81. The third-order valence-corrected chi connectivity index (χ3v) is 1.70. The largest absolute Gasteiger partial charge is 0.383 e. The molecule has 0 radical (unpaired) electrons. The van der Waals surface area contributed by atoms with Crippen molar-refractivity contribution in [3.63, 3.8) is 0 Å². The van der Waals surface area contributed by atoms with E-state index >= 15 is 0 Å². The fourth-order valence-corrected chi connectivity index (χ4v) is 0.807. The minimum absolute atomic E-state index is 0.172. The second kappa shape index (κ2) is 5.13. The fraction of sp³-hybridized carbons (Fsp3) is 0.875. The van der Waals surface area contributed by atoms with E-state index in [1.165, 1.54) is 4.90 Å². The lowest BCUT2D eigenvalue weighted by Gasteiger charge is -2.17. The molecule has 0 fully saturated rings. The van der Waals surface area contributed by atoms with Gasteiger partial charge in [-0.2, -0.15) is 0 Å². The van der Waals surface area contributed by atoms with Crippen molar-refractivity contribution in [2.24, 2.45) is 0 Å². The number of nitrogens with zero attached hydrogens (tertiary/aromatic N) is 1. The van der Waals surface area contributed by atoms with Crippen LogP contribution in [0.5, 0.6) is 0 Å². The van der Waals surface area contributed by atoms with E-state index < -0.39 is 6.10 Å². The Morgan fingerprint density at radius 3 is 2.45 bits per heavy atom. The summed E-state index contributed by atoms with van der Waals surface area (Å²) in [6.45, 7) is 4.48. The highest BCUT2D eigenvalue weighted by Gasteiger charge is 2.16. The molecule has 0 spiro atoms. The second-order valence-electron chi connectivity index (χ2n) is 2.66. The molecular weight excluding hydrogens is 142 g/mol. The number of carbonyl (C=O) groups is 1. The first-order valence-electron chi connectivity index (χ1n) is 4.06. The van der Waals surface area contributed by atoms with Gasteiger partial charge in [0.2, 0.25) is 0 Å². The topological polar surface area (TPSA) is 40.5 Å². The van der Waals surface area contributed by atoms with Crippen LogP contribution in [0.4, 0.5) is 0 Å². The van der Waals surface area contributed by atoms with Crippen LogP contribution in [0.2, 0.25) is 0 Å². The first-order chi connectivity index (χ1) is 5.13. The number of amides is 1. The van der Waals surface area contributed by atoms with Crippen LogP contribution in [0.3, 0.4) is 0 Å². The van der Waals surface area contributed by atoms with Gasteiger partial charge in [0.05, 0.1) is 0 Å². The Kier molecular flexibility index (Phi) is 4.86. The zero-order valence-electron chi connectivity index (χ0n) is 7.50. The molecule has 0 aliphatic rings. The van der Waals surface area contributed by atoms with Crippen molar-refractivity contribution in [2.75, 3.05) is 13.6 Å². The summed E-state index contributed by atoms with van der Waals surface area (Å²) < 4.78 is 0. The molecule has 0 rings (SSSR count). The van der Waals surface area contributed by atoms with E-state index in [0.717, 1.165) is 6.42 Å². The summed E-state index contributed by atoms with van der Waals surface area (Å²) >= 11 is 0. The summed E-state index contributed by atoms with van der Waals surface area (Å²) in [4.78, 5) is 12.7. The van der Waals surface area contributed by atoms with E-state index in [4.69, 9.17) is 0 Å². The number of likely N-dealkylation sites (N-methyl/N-ethyl adjacent to an activating group) is 1. The van der Waals surface area contributed by atoms with Gasteiger partial charge in [0, 0.05) is 13.6 Å². The summed E-state index contributed by atoms with van der Waals surface area (Å²) in [5, 5.41) is 9.23. The summed E-state index contributed by atoms with van der Waals surface area (Å²) in [5.41, 5.74) is 0. The Morgan fingerprint density at radius 1 is 1.55 bits per heavy atom. The van der Waals surface area contributed by atoms with Gasteiger partial charge in [0.25, 0.3) is 5.91 Å². The quantitative estimate of drug-likeness (QED) is 0.653. The van der Waals surface area contributed by atoms with Crippen LogP contribution in [0, 0.1) is 0 Å². The Morgan fingerprint density at radius 2 is 2.09 bits per heavy atom. The fourth-order valence-electron chi connectivity index (χ4n) is 0.807. The van der Waals surface area contributed by atoms with Crippen molar-refractivity contribution >= 4 is 5.91 Å². The molecule has 0 aromatic rings. The molecule has 3 nitrogen and oxygen atoms in total. The Bertz CT molecular complexity index is 125. The molecule has 0 saturated carbocycles. The molecule has 11 heavy (non-hydrogen) atoms. The van der Waals surface area contributed by atoms with Gasteiger partial charge in [0.1, 0.15) is 6.10 Å². The van der Waals surface area contributed by atoms with Gasteiger partial charge in [-0.3, -0.25) is 4.79 Å². The zero-order chi connectivity index (χ0) is 8.85. The van der Waals surface area contributed by atoms with Crippen LogP contribution in [0.25, 0.3) is 0 Å². The number of aliphatic hydroxyl groups excluding tert-OH is 1. The number of aliphatic hydroxyl groups is 1. The molecule has 1 amide bonds. The lowest BCUT2D eigenvalue weighted by atomic mass is 10.2. The van der Waals surface area contributed by atoms with E-state index in [9.17, 15) is 9.90 Å². The Hall–Kier alpha value is -0.570. The highest BCUT2D eigenvalue weighted by Crippen LogP contribution is 1.99. The summed E-state index contributed by atoms with van der Waals surface area (Å²) in [6, 6.07) is 0. The maximum atomic E-state index is 11.1. The molecular formula is C8H17NO2. The molecule has 1 unspecified atom stereocenters. The van der Waals surface area contributed by atoms with Crippen LogP contribution in [-0.2, 0) is 4.79 Å². The molecule has 0 bridgehead atoms. The molecule has 0 saturated heterocycles. The van der Waals surface area contributed by atoms with Crippen LogP contribution in [-0.4, -0.2) is 35.6 Å². The number of carbonyl (C=O) groups excluding carboxylic acids is 1. The first-order valence-corrected chi connectivity index (χ1v) is 4.06. The van der Waals surface area contributed by atoms with Crippen molar-refractivity contribution in [1.29, 1.82) is 0 Å². The average Bonchev–Trinajstić information content (AvgIpc) is 2.02. The molecule has 0 heterocycles. The lowest BCUT2D eigenvalue weighted by molar-refractivity contribution is -0.138. The number of rotatable bonds is 4. The van der Waals surface area contributed by atoms with Crippen molar-refractivity contribution in [2.45, 2.75) is 32.8 Å². The molecule has 0 aliphatic carbocycles. The third kappa shape index (κ3) is 3.37. The van der Waals surface area contributed by atoms with Gasteiger partial charge in [-0.25, -0.2) is 0 Å². The van der Waals surface area contributed by atoms with Crippen LogP contribution in [0.1, 0.15) is 26.7 Å². The smallest absolute Gasteiger partial charge is 0.251 e. The van der Waals surface area contributed by atoms with Gasteiger partial charge in [-0.05, 0) is 13.3 Å². The van der Waals surface area contributed by atoms with E-state index in [2.05, 4.69) is 0 Å². The minimum atomic E-state index is -0.801. The zero-order valence-corrected chi connectivity index (χ0v) is 7.50. The maximum Gasteiger partial charge on any atom is 0.251 e. The number of hydrogen-bond donors (Lipinski definition) is 1. The Labute approximate surface area is 68.0 Å². The molecule has 1 atom stereocenters. The minimum Gasteiger partial charge on any atom is -0.383 e. The summed E-state index contributed by atoms with van der Waals surface area (Å²) in [7, 11) is 1.70. The van der Waals surface area contributed by atoms with Gasteiger partial charge in [-0.1, -0.05) is 13.3 Å². The van der Waals surface area contributed by atoms with Crippen LogP contribution < -0.4 is 0 Å². The van der Waals surface area contributed by atoms with Gasteiger partial charge in [0.15, 0.2) is 0 Å². The molecule has 0 aromatic heterocycles. The van der Waals surface area contributed by atoms with E-state index in [0.29, 0.717) is 13.0 Å². The van der Waals surface area contributed by atoms with Crippen molar-refractivity contribution in [1.82, 2.24) is 4.90 Å². The predicted molar refractivity (Wildman–Crippen MR) is 44.2 cm³/mol. The normalized spacial score (nSPS) is 12.7. The van der Waals surface area contributed by atoms with Crippen molar-refractivity contribution in [3.8, 4) is 0 Å². The molecule has 66 valence electrons. The summed E-state index contributed by atoms with van der Waals surface area (Å²) in [6.07, 6.45) is 0.595. The van der Waals surface area contributed by atoms with Gasteiger partial charge >= 0.3 is 0 Å². The maximum absolute atomic E-state index is 11.1. The van der Waals surface area contributed by atoms with Gasteiger partial charge < -0.3 is 10.0 Å². The summed E-state index contributed by atoms with van der Waals surface area (Å²) in [5.74, 6) is -0.172. The van der Waals surface area contributed by atoms with Gasteiger partial charge in [-0.15, -0.1) is 0 Å². The van der Waals surface area contributed by atoms with Crippen LogP contribution in [0.15, 0.2) is 0 Å². The monoisotopic (exact) mass is 159 g/mol. The molecule has 0 aliphatic heterocycles. The molecule has 3 heteroatoms. The highest BCUT2D eigenvalue weighted by molar-refractivity contribution is 5.80.